The summed E-state index contributed by atoms with van der Waals surface area (Å²) in [6, 6.07) is 0. The molecule has 0 aromatic heterocycles. The van der Waals surface area contributed by atoms with E-state index in [1.54, 1.807) is 0 Å². The summed E-state index contributed by atoms with van der Waals surface area (Å²) >= 11 is 0. The molecular weight excluding hydrogens is 324 g/mol. The fraction of sp³-hybridized carbons (Fsp3) is 0.867. The second kappa shape index (κ2) is 9.90. The van der Waals surface area contributed by atoms with Crippen molar-refractivity contribution in [1.29, 1.82) is 0 Å². The third-order valence-corrected chi connectivity index (χ3v) is 3.62. The molecule has 0 amide bonds. The Morgan fingerprint density at radius 1 is 0.917 bits per heavy atom. The Bertz CT molecular complexity index is 414. The molecule has 1 aliphatic heterocycles. The zero-order valence-corrected chi connectivity index (χ0v) is 14.8. The lowest BCUT2D eigenvalue weighted by Gasteiger charge is -2.45. The molecule has 0 aromatic carbocycles. The van der Waals surface area contributed by atoms with Crippen LogP contribution in [0, 0.1) is 0 Å². The highest BCUT2D eigenvalue weighted by Crippen LogP contribution is 2.30. The summed E-state index contributed by atoms with van der Waals surface area (Å²) in [7, 11) is 5.83. The van der Waals surface area contributed by atoms with Gasteiger partial charge in [-0.25, -0.2) is 0 Å². The van der Waals surface area contributed by atoms with E-state index in [1.807, 2.05) is 0 Å². The van der Waals surface area contributed by atoms with Gasteiger partial charge in [0.05, 0.1) is 6.61 Å². The van der Waals surface area contributed by atoms with Crippen LogP contribution in [0.5, 0.6) is 0 Å². The van der Waals surface area contributed by atoms with E-state index in [0.717, 1.165) is 0 Å². The third kappa shape index (κ3) is 5.12. The van der Waals surface area contributed by atoms with E-state index in [0.29, 0.717) is 0 Å². The molecule has 0 unspecified atom stereocenters. The van der Waals surface area contributed by atoms with Crippen LogP contribution in [0.2, 0.25) is 0 Å². The normalized spacial score (nSPS) is 31.3. The predicted molar refractivity (Wildman–Crippen MR) is 80.2 cm³/mol. The molecule has 0 radical (unpaired) electrons. The van der Waals surface area contributed by atoms with E-state index in [9.17, 15) is 9.59 Å². The molecule has 0 spiro atoms. The molecule has 0 bridgehead atoms. The van der Waals surface area contributed by atoms with Crippen LogP contribution < -0.4 is 0 Å². The van der Waals surface area contributed by atoms with Gasteiger partial charge in [0, 0.05) is 42.3 Å². The molecule has 1 fully saturated rings. The van der Waals surface area contributed by atoms with Crippen LogP contribution in [0.1, 0.15) is 13.8 Å². The average Bonchev–Trinajstić information content (AvgIpc) is 2.52. The fourth-order valence-corrected chi connectivity index (χ4v) is 2.74. The topological polar surface area (TPSA) is 98.8 Å². The van der Waals surface area contributed by atoms with Crippen molar-refractivity contribution >= 4 is 11.9 Å². The van der Waals surface area contributed by atoms with Gasteiger partial charge in [-0.05, 0) is 0 Å². The van der Waals surface area contributed by atoms with Gasteiger partial charge in [-0.2, -0.15) is 0 Å². The second-order valence-electron chi connectivity index (χ2n) is 5.28. The molecule has 9 nitrogen and oxygen atoms in total. The van der Waals surface area contributed by atoms with Gasteiger partial charge in [0.1, 0.15) is 18.3 Å². The monoisotopic (exact) mass is 350 g/mol. The van der Waals surface area contributed by atoms with E-state index in [4.69, 9.17) is 33.2 Å². The van der Waals surface area contributed by atoms with Gasteiger partial charge in [0.25, 0.3) is 0 Å². The number of carbonyl (C=O) groups excluding carboxylic acids is 2. The smallest absolute Gasteiger partial charge is 0.303 e. The van der Waals surface area contributed by atoms with Gasteiger partial charge in [-0.3, -0.25) is 9.59 Å². The van der Waals surface area contributed by atoms with Gasteiger partial charge < -0.3 is 33.2 Å². The molecule has 0 aliphatic carbocycles. The van der Waals surface area contributed by atoms with E-state index in [2.05, 4.69) is 0 Å². The Balaban J connectivity index is 3.18. The average molecular weight is 350 g/mol. The highest BCUT2D eigenvalue weighted by atomic mass is 16.7. The Morgan fingerprint density at radius 2 is 1.54 bits per heavy atom. The van der Waals surface area contributed by atoms with Crippen molar-refractivity contribution in [1.82, 2.24) is 0 Å². The maximum Gasteiger partial charge on any atom is 0.303 e. The van der Waals surface area contributed by atoms with Crippen LogP contribution >= 0.6 is 0 Å². The third-order valence-electron chi connectivity index (χ3n) is 3.62. The number of esters is 2. The van der Waals surface area contributed by atoms with E-state index in [-0.39, 0.29) is 6.61 Å². The Labute approximate surface area is 141 Å². The van der Waals surface area contributed by atoms with E-state index in [1.165, 1.54) is 42.3 Å². The minimum absolute atomic E-state index is 0.0481. The zero-order valence-electron chi connectivity index (χ0n) is 14.8. The minimum atomic E-state index is -0.872. The summed E-state index contributed by atoms with van der Waals surface area (Å²) in [5.41, 5.74) is 0. The minimum Gasteiger partial charge on any atom is -0.457 e. The number of ether oxygens (including phenoxy) is 7. The number of hydrogen-bond acceptors (Lipinski definition) is 9. The van der Waals surface area contributed by atoms with Gasteiger partial charge >= 0.3 is 11.9 Å². The molecule has 140 valence electrons. The van der Waals surface area contributed by atoms with Crippen LogP contribution in [0.25, 0.3) is 0 Å². The Morgan fingerprint density at radius 3 is 1.96 bits per heavy atom. The van der Waals surface area contributed by atoms with Crippen molar-refractivity contribution in [2.45, 2.75) is 50.7 Å². The summed E-state index contributed by atoms with van der Waals surface area (Å²) in [5.74, 6) is -1.04. The SMILES string of the molecule is COC[C@@H](OC(C)=O)[C@H]1O[C@@H](OC)[C@H](OC)[C@@H](OC)[C@@H]1OC(C)=O. The summed E-state index contributed by atoms with van der Waals surface area (Å²) in [4.78, 5) is 22.9. The second-order valence-corrected chi connectivity index (χ2v) is 5.28. The van der Waals surface area contributed by atoms with Crippen molar-refractivity contribution in [3.63, 3.8) is 0 Å². The number of carbonyl (C=O) groups is 2. The van der Waals surface area contributed by atoms with Crippen LogP contribution in [-0.4, -0.2) is 83.8 Å². The van der Waals surface area contributed by atoms with Crippen molar-refractivity contribution in [2.24, 2.45) is 0 Å². The molecule has 1 saturated heterocycles. The molecule has 0 saturated carbocycles. The lowest BCUT2D eigenvalue weighted by Crippen LogP contribution is -2.64. The Kier molecular flexibility index (Phi) is 8.57. The maximum absolute atomic E-state index is 11.5. The van der Waals surface area contributed by atoms with Crippen LogP contribution in [0.3, 0.4) is 0 Å². The molecule has 6 atom stereocenters. The van der Waals surface area contributed by atoms with Gasteiger partial charge in [0.2, 0.25) is 0 Å². The number of hydrogen-bond donors (Lipinski definition) is 0. The molecule has 24 heavy (non-hydrogen) atoms. The molecule has 1 aliphatic rings. The Hall–Kier alpha value is -1.26. The first-order chi connectivity index (χ1) is 11.4. The van der Waals surface area contributed by atoms with Gasteiger partial charge in [-0.1, -0.05) is 0 Å². The van der Waals surface area contributed by atoms with Crippen molar-refractivity contribution in [2.75, 3.05) is 35.0 Å². The summed E-state index contributed by atoms with van der Waals surface area (Å²) in [5, 5.41) is 0. The van der Waals surface area contributed by atoms with Gasteiger partial charge in [-0.15, -0.1) is 0 Å². The molecule has 0 aromatic rings. The summed E-state index contributed by atoms with van der Waals surface area (Å²) < 4.78 is 37.7. The maximum atomic E-state index is 11.5. The van der Waals surface area contributed by atoms with Crippen LogP contribution in [0.4, 0.5) is 0 Å². The largest absolute Gasteiger partial charge is 0.457 e. The van der Waals surface area contributed by atoms with Crippen molar-refractivity contribution in [3.8, 4) is 0 Å². The lowest BCUT2D eigenvalue weighted by molar-refractivity contribution is -0.316. The predicted octanol–water partition coefficient (Wildman–Crippen LogP) is -0.102. The fourth-order valence-electron chi connectivity index (χ4n) is 2.74. The summed E-state index contributed by atoms with van der Waals surface area (Å²) in [6.07, 6.45) is -4.65. The van der Waals surface area contributed by atoms with E-state index >= 15 is 0 Å². The first-order valence-electron chi connectivity index (χ1n) is 7.46. The van der Waals surface area contributed by atoms with Gasteiger partial charge in [0.15, 0.2) is 18.5 Å². The molecule has 1 rings (SSSR count). The van der Waals surface area contributed by atoms with Crippen molar-refractivity contribution < 1.29 is 42.7 Å². The standard InChI is InChI=1S/C15H26O9/c1-8(16)22-10(7-18-3)11-13(23-9(2)17)12(19-4)14(20-5)15(21-6)24-11/h10-15H,7H2,1-6H3/t10-,11-,12+,13-,14-,15-/m1/s1. The van der Waals surface area contributed by atoms with E-state index < -0.39 is 48.7 Å². The summed E-state index contributed by atoms with van der Waals surface area (Å²) in [6.45, 7) is 2.59. The molecule has 0 N–H and O–H groups in total. The van der Waals surface area contributed by atoms with Crippen LogP contribution in [-0.2, 0) is 42.7 Å². The number of methoxy groups -OCH3 is 4. The first-order valence-corrected chi connectivity index (χ1v) is 7.46. The zero-order chi connectivity index (χ0) is 18.3. The highest BCUT2D eigenvalue weighted by Gasteiger charge is 2.52. The van der Waals surface area contributed by atoms with Crippen molar-refractivity contribution in [3.05, 3.63) is 0 Å². The highest BCUT2D eigenvalue weighted by molar-refractivity contribution is 5.67. The molecule has 9 heteroatoms. The lowest BCUT2D eigenvalue weighted by atomic mass is 9.94. The molecule has 1 heterocycles. The number of rotatable bonds is 8. The molecular formula is C15H26O9. The van der Waals surface area contributed by atoms with Crippen LogP contribution in [0.15, 0.2) is 0 Å². The quantitative estimate of drug-likeness (QED) is 0.556. The first kappa shape index (κ1) is 20.8.